The van der Waals surface area contributed by atoms with Gasteiger partial charge in [0.2, 0.25) is 0 Å². The first-order valence-electron chi connectivity index (χ1n) is 11.9. The quantitative estimate of drug-likeness (QED) is 0.340. The number of ether oxygens (including phenoxy) is 1. The maximum Gasteiger partial charge on any atom is 0.322 e. The third-order valence-electron chi connectivity index (χ3n) is 6.22. The van der Waals surface area contributed by atoms with E-state index in [9.17, 15) is 14.3 Å². The summed E-state index contributed by atoms with van der Waals surface area (Å²) in [6.07, 6.45) is 6.14. The fourth-order valence-corrected chi connectivity index (χ4v) is 4.34. The molecule has 35 heavy (non-hydrogen) atoms. The van der Waals surface area contributed by atoms with Crippen LogP contribution in [0, 0.1) is 5.82 Å². The first-order valence-corrected chi connectivity index (χ1v) is 11.9. The second-order valence-corrected chi connectivity index (χ2v) is 8.77. The predicted molar refractivity (Wildman–Crippen MR) is 130 cm³/mol. The molecule has 1 aliphatic rings. The van der Waals surface area contributed by atoms with Crippen molar-refractivity contribution in [3.05, 3.63) is 66.2 Å². The van der Waals surface area contributed by atoms with Gasteiger partial charge >= 0.3 is 6.03 Å². The Hall–Kier alpha value is -3.43. The molecule has 2 amide bonds. The van der Waals surface area contributed by atoms with Crippen LogP contribution in [0.5, 0.6) is 5.75 Å². The average Bonchev–Trinajstić information content (AvgIpc) is 3.39. The van der Waals surface area contributed by atoms with Crippen molar-refractivity contribution in [2.24, 2.45) is 0 Å². The van der Waals surface area contributed by atoms with Crippen molar-refractivity contribution in [3.63, 3.8) is 0 Å². The SMILES string of the molecule is O=C(Nc1ccc(-c2cn[nH]c2)cc1OCCCO)N(Cc1cccc(F)c1)C1CCC(O)CC1. The van der Waals surface area contributed by atoms with Crippen LogP contribution in [-0.2, 0) is 6.54 Å². The number of carbonyl (C=O) groups excluding carboxylic acids is 1. The second-order valence-electron chi connectivity index (χ2n) is 8.77. The summed E-state index contributed by atoms with van der Waals surface area (Å²) < 4.78 is 19.7. The van der Waals surface area contributed by atoms with Crippen LogP contribution in [0.25, 0.3) is 11.1 Å². The smallest absolute Gasteiger partial charge is 0.322 e. The highest BCUT2D eigenvalue weighted by atomic mass is 19.1. The van der Waals surface area contributed by atoms with Crippen molar-refractivity contribution in [2.45, 2.75) is 50.8 Å². The Kier molecular flexibility index (Phi) is 8.33. The monoisotopic (exact) mass is 482 g/mol. The number of amides is 2. The molecule has 0 radical (unpaired) electrons. The Morgan fingerprint density at radius 2 is 2.00 bits per heavy atom. The third-order valence-corrected chi connectivity index (χ3v) is 6.22. The molecule has 3 aromatic rings. The summed E-state index contributed by atoms with van der Waals surface area (Å²) in [5.74, 6) is 0.131. The van der Waals surface area contributed by atoms with Crippen molar-refractivity contribution in [1.29, 1.82) is 0 Å². The molecule has 8 nitrogen and oxygen atoms in total. The number of aromatic amines is 1. The van der Waals surface area contributed by atoms with Gasteiger partial charge in [-0.1, -0.05) is 18.2 Å². The van der Waals surface area contributed by atoms with Gasteiger partial charge in [0.25, 0.3) is 0 Å². The van der Waals surface area contributed by atoms with Gasteiger partial charge in [-0.3, -0.25) is 5.10 Å². The van der Waals surface area contributed by atoms with Gasteiger partial charge in [-0.2, -0.15) is 5.10 Å². The summed E-state index contributed by atoms with van der Waals surface area (Å²) in [5.41, 5.74) is 2.94. The largest absolute Gasteiger partial charge is 0.491 e. The predicted octanol–water partition coefficient (Wildman–Crippen LogP) is 4.31. The number of hydrogen-bond acceptors (Lipinski definition) is 5. The molecule has 1 fully saturated rings. The summed E-state index contributed by atoms with van der Waals surface area (Å²) in [7, 11) is 0. The number of aromatic nitrogens is 2. The number of hydrogen-bond donors (Lipinski definition) is 4. The first-order chi connectivity index (χ1) is 17.0. The Balaban J connectivity index is 1.57. The van der Waals surface area contributed by atoms with Gasteiger partial charge in [0.15, 0.2) is 0 Å². The number of carbonyl (C=O) groups is 1. The van der Waals surface area contributed by atoms with E-state index in [1.807, 2.05) is 12.1 Å². The van der Waals surface area contributed by atoms with Crippen LogP contribution < -0.4 is 10.1 Å². The molecule has 0 unspecified atom stereocenters. The van der Waals surface area contributed by atoms with Crippen molar-refractivity contribution in [3.8, 4) is 16.9 Å². The number of aliphatic hydroxyl groups is 2. The van der Waals surface area contributed by atoms with Crippen molar-refractivity contribution in [1.82, 2.24) is 15.1 Å². The third kappa shape index (κ3) is 6.58. The highest BCUT2D eigenvalue weighted by molar-refractivity contribution is 5.92. The molecular weight excluding hydrogens is 451 g/mol. The van der Waals surface area contributed by atoms with E-state index in [4.69, 9.17) is 9.84 Å². The van der Waals surface area contributed by atoms with E-state index in [2.05, 4.69) is 15.5 Å². The molecule has 4 N–H and O–H groups in total. The summed E-state index contributed by atoms with van der Waals surface area (Å²) in [4.78, 5) is 15.2. The van der Waals surface area contributed by atoms with Gasteiger partial charge in [-0.15, -0.1) is 0 Å². The Morgan fingerprint density at radius 3 is 2.71 bits per heavy atom. The number of H-pyrrole nitrogens is 1. The van der Waals surface area contributed by atoms with E-state index in [0.717, 1.165) is 11.1 Å². The van der Waals surface area contributed by atoms with E-state index >= 15 is 0 Å². The standard InChI is InChI=1S/C26H31FN4O4/c27-21-4-1-3-18(13-21)17-31(22-6-8-23(33)9-7-22)26(34)30-24-10-5-19(20-15-28-29-16-20)14-25(24)35-12-2-11-32/h1,3-5,10,13-16,22-23,32-33H,2,6-9,11-12,17H2,(H,28,29)(H,30,34). The number of aliphatic hydroxyl groups excluding tert-OH is 2. The number of nitrogens with one attached hydrogen (secondary N) is 2. The van der Waals surface area contributed by atoms with Crippen LogP contribution >= 0.6 is 0 Å². The van der Waals surface area contributed by atoms with Crippen LogP contribution in [0.1, 0.15) is 37.7 Å². The lowest BCUT2D eigenvalue weighted by atomic mass is 9.92. The summed E-state index contributed by atoms with van der Waals surface area (Å²) in [6.45, 7) is 0.540. The topological polar surface area (TPSA) is 111 Å². The molecule has 1 saturated carbocycles. The van der Waals surface area contributed by atoms with Crippen LogP contribution in [0.2, 0.25) is 0 Å². The minimum absolute atomic E-state index is 0.00193. The molecular formula is C26H31FN4O4. The molecule has 1 heterocycles. The molecule has 186 valence electrons. The number of nitrogens with zero attached hydrogens (tertiary/aromatic N) is 2. The van der Waals surface area contributed by atoms with Gasteiger partial charge in [-0.05, 0) is 61.1 Å². The maximum absolute atomic E-state index is 13.8. The zero-order valence-corrected chi connectivity index (χ0v) is 19.5. The highest BCUT2D eigenvalue weighted by Gasteiger charge is 2.29. The zero-order valence-electron chi connectivity index (χ0n) is 19.5. The van der Waals surface area contributed by atoms with Gasteiger partial charge in [0, 0.05) is 37.4 Å². The minimum Gasteiger partial charge on any atom is -0.491 e. The molecule has 0 spiro atoms. The molecule has 2 aromatic carbocycles. The van der Waals surface area contributed by atoms with E-state index in [1.54, 1.807) is 35.5 Å². The van der Waals surface area contributed by atoms with Crippen molar-refractivity contribution >= 4 is 11.7 Å². The number of anilines is 1. The lowest BCUT2D eigenvalue weighted by molar-refractivity contribution is 0.0849. The Bertz CT molecular complexity index is 1100. The molecule has 0 atom stereocenters. The summed E-state index contributed by atoms with van der Waals surface area (Å²) in [5, 5.41) is 28.8. The molecule has 4 rings (SSSR count). The molecule has 9 heteroatoms. The number of halogens is 1. The van der Waals surface area contributed by atoms with E-state index in [0.29, 0.717) is 55.7 Å². The van der Waals surface area contributed by atoms with E-state index in [-0.39, 0.29) is 37.1 Å². The molecule has 0 saturated heterocycles. The van der Waals surface area contributed by atoms with Crippen molar-refractivity contribution < 1.29 is 24.1 Å². The van der Waals surface area contributed by atoms with Crippen LogP contribution in [0.3, 0.4) is 0 Å². The average molecular weight is 483 g/mol. The fourth-order valence-electron chi connectivity index (χ4n) is 4.34. The van der Waals surface area contributed by atoms with E-state index < -0.39 is 0 Å². The van der Waals surface area contributed by atoms with Gasteiger partial charge in [0.1, 0.15) is 11.6 Å². The Labute approximate surface area is 203 Å². The minimum atomic E-state index is -0.354. The second kappa shape index (κ2) is 11.8. The maximum atomic E-state index is 13.8. The number of rotatable bonds is 9. The first kappa shape index (κ1) is 24.7. The van der Waals surface area contributed by atoms with Crippen LogP contribution in [0.4, 0.5) is 14.9 Å². The normalized spacial score (nSPS) is 17.7. The molecule has 1 aromatic heterocycles. The Morgan fingerprint density at radius 1 is 1.17 bits per heavy atom. The number of urea groups is 1. The van der Waals surface area contributed by atoms with Crippen LogP contribution in [-0.4, -0.2) is 56.7 Å². The fraction of sp³-hybridized carbons (Fsp3) is 0.385. The van der Waals surface area contributed by atoms with Gasteiger partial charge in [-0.25, -0.2) is 9.18 Å². The number of benzene rings is 2. The molecule has 0 aliphatic heterocycles. The van der Waals surface area contributed by atoms with Crippen molar-refractivity contribution in [2.75, 3.05) is 18.5 Å². The van der Waals surface area contributed by atoms with E-state index in [1.165, 1.54) is 12.1 Å². The summed E-state index contributed by atoms with van der Waals surface area (Å²) >= 11 is 0. The van der Waals surface area contributed by atoms with Crippen LogP contribution in [0.15, 0.2) is 54.9 Å². The lowest BCUT2D eigenvalue weighted by Gasteiger charge is -2.36. The molecule has 1 aliphatic carbocycles. The lowest BCUT2D eigenvalue weighted by Crippen LogP contribution is -2.44. The van der Waals surface area contributed by atoms with Gasteiger partial charge < -0.3 is 25.2 Å². The molecule has 0 bridgehead atoms. The van der Waals surface area contributed by atoms with Gasteiger partial charge in [0.05, 0.1) is 24.6 Å². The summed E-state index contributed by atoms with van der Waals surface area (Å²) in [6, 6.07) is 11.3. The zero-order chi connectivity index (χ0) is 24.6. The highest BCUT2D eigenvalue weighted by Crippen LogP contribution is 2.32.